The van der Waals surface area contributed by atoms with Crippen LogP contribution in [0.15, 0.2) is 24.8 Å². The van der Waals surface area contributed by atoms with E-state index < -0.39 is 0 Å². The minimum atomic E-state index is -0.342. The van der Waals surface area contributed by atoms with Gasteiger partial charge in [0.15, 0.2) is 0 Å². The summed E-state index contributed by atoms with van der Waals surface area (Å²) in [6.45, 7) is 7.48. The Morgan fingerprint density at radius 2 is 2.04 bits per heavy atom. The van der Waals surface area contributed by atoms with Gasteiger partial charge in [-0.05, 0) is 12.8 Å². The first kappa shape index (κ1) is 16.6. The van der Waals surface area contributed by atoms with E-state index in [1.54, 1.807) is 17.1 Å². The molecule has 2 aromatic heterocycles. The van der Waals surface area contributed by atoms with E-state index in [-0.39, 0.29) is 17.2 Å². The summed E-state index contributed by atoms with van der Waals surface area (Å²) in [7, 11) is 1.89. The van der Waals surface area contributed by atoms with Crippen molar-refractivity contribution in [1.29, 1.82) is 0 Å². The zero-order chi connectivity index (χ0) is 17.3. The summed E-state index contributed by atoms with van der Waals surface area (Å²) in [5, 5.41) is 4.19. The Labute approximate surface area is 142 Å². The molecule has 0 bridgehead atoms. The number of likely N-dealkylation sites (tertiary alicyclic amines) is 1. The van der Waals surface area contributed by atoms with Crippen LogP contribution < -0.4 is 0 Å². The second kappa shape index (κ2) is 6.34. The molecule has 1 saturated heterocycles. The third-order valence-electron chi connectivity index (χ3n) is 4.42. The summed E-state index contributed by atoms with van der Waals surface area (Å²) in [6, 6.07) is 0. The van der Waals surface area contributed by atoms with Crippen molar-refractivity contribution >= 4 is 5.91 Å². The minimum absolute atomic E-state index is 0.212. The first-order valence-electron chi connectivity index (χ1n) is 8.45. The minimum Gasteiger partial charge on any atom is -0.342 e. The van der Waals surface area contributed by atoms with Gasteiger partial charge in [-0.1, -0.05) is 20.8 Å². The molecule has 1 aliphatic heterocycles. The van der Waals surface area contributed by atoms with Gasteiger partial charge in [-0.2, -0.15) is 5.10 Å². The lowest BCUT2D eigenvalue weighted by atomic mass is 9.90. The van der Waals surface area contributed by atoms with Gasteiger partial charge in [-0.15, -0.1) is 0 Å². The predicted molar refractivity (Wildman–Crippen MR) is 92.2 cm³/mol. The number of aromatic nitrogens is 4. The second-order valence-electron chi connectivity index (χ2n) is 7.57. The number of rotatable bonds is 2. The highest BCUT2D eigenvalue weighted by Crippen LogP contribution is 2.29. The quantitative estimate of drug-likeness (QED) is 0.850. The van der Waals surface area contributed by atoms with Gasteiger partial charge in [-0.25, -0.2) is 4.98 Å². The molecule has 0 aromatic carbocycles. The van der Waals surface area contributed by atoms with Crippen molar-refractivity contribution in [3.8, 4) is 11.3 Å². The molecule has 2 aromatic rings. The van der Waals surface area contributed by atoms with Crippen LogP contribution in [0.25, 0.3) is 11.3 Å². The smallest absolute Gasteiger partial charge is 0.227 e. The molecular weight excluding hydrogens is 302 g/mol. The molecule has 1 fully saturated rings. The topological polar surface area (TPSA) is 63.9 Å². The summed E-state index contributed by atoms with van der Waals surface area (Å²) in [5.74, 6) is 0.456. The van der Waals surface area contributed by atoms with Gasteiger partial charge in [0.2, 0.25) is 5.91 Å². The van der Waals surface area contributed by atoms with Crippen LogP contribution in [0.4, 0.5) is 0 Å². The van der Waals surface area contributed by atoms with E-state index in [1.165, 1.54) is 0 Å². The summed E-state index contributed by atoms with van der Waals surface area (Å²) in [5.41, 5.74) is 2.42. The molecule has 0 aliphatic carbocycles. The Hall–Kier alpha value is -2.24. The molecule has 1 atom stereocenters. The van der Waals surface area contributed by atoms with Crippen LogP contribution in [0, 0.1) is 5.41 Å². The van der Waals surface area contributed by atoms with Gasteiger partial charge in [0, 0.05) is 49.4 Å². The zero-order valence-electron chi connectivity index (χ0n) is 14.9. The monoisotopic (exact) mass is 327 g/mol. The molecule has 0 spiro atoms. The Morgan fingerprint density at radius 1 is 1.25 bits per heavy atom. The molecule has 1 amide bonds. The van der Waals surface area contributed by atoms with Crippen molar-refractivity contribution in [2.24, 2.45) is 12.5 Å². The predicted octanol–water partition coefficient (Wildman–Crippen LogP) is 2.63. The van der Waals surface area contributed by atoms with Crippen LogP contribution in [0.1, 0.15) is 45.2 Å². The Balaban J connectivity index is 1.80. The third kappa shape index (κ3) is 3.47. The molecule has 6 heteroatoms. The normalized spacial score (nSPS) is 18.7. The van der Waals surface area contributed by atoms with Crippen LogP contribution in [0.2, 0.25) is 0 Å². The Kier molecular flexibility index (Phi) is 4.39. The van der Waals surface area contributed by atoms with Gasteiger partial charge in [0.25, 0.3) is 0 Å². The van der Waals surface area contributed by atoms with Gasteiger partial charge >= 0.3 is 0 Å². The van der Waals surface area contributed by atoms with Crippen molar-refractivity contribution in [3.05, 3.63) is 30.5 Å². The SMILES string of the molecule is Cn1cc(-c2cncc(C3CCCN(C(=O)C(C)(C)C)C3)n2)cn1. The number of carbonyl (C=O) groups excluding carboxylic acids is 1. The van der Waals surface area contributed by atoms with Gasteiger partial charge < -0.3 is 4.90 Å². The van der Waals surface area contributed by atoms with Crippen LogP contribution in [0.5, 0.6) is 0 Å². The molecule has 3 rings (SSSR count). The van der Waals surface area contributed by atoms with Crippen molar-refractivity contribution in [2.45, 2.75) is 39.5 Å². The van der Waals surface area contributed by atoms with Gasteiger partial charge in [0.05, 0.1) is 23.8 Å². The number of hydrogen-bond donors (Lipinski definition) is 0. The number of amides is 1. The van der Waals surface area contributed by atoms with Crippen molar-refractivity contribution in [2.75, 3.05) is 13.1 Å². The van der Waals surface area contributed by atoms with Crippen molar-refractivity contribution in [1.82, 2.24) is 24.6 Å². The zero-order valence-corrected chi connectivity index (χ0v) is 14.9. The van der Waals surface area contributed by atoms with Crippen LogP contribution >= 0.6 is 0 Å². The second-order valence-corrected chi connectivity index (χ2v) is 7.57. The van der Waals surface area contributed by atoms with E-state index >= 15 is 0 Å². The third-order valence-corrected chi connectivity index (χ3v) is 4.42. The molecular formula is C18H25N5O. The number of nitrogens with zero attached hydrogens (tertiary/aromatic N) is 5. The molecule has 128 valence electrons. The largest absolute Gasteiger partial charge is 0.342 e. The maximum atomic E-state index is 12.6. The standard InChI is InChI=1S/C18H25N5O/c1-18(2,3)17(24)23-7-5-6-13(12-23)15-9-19-10-16(21-15)14-8-20-22(4)11-14/h8-11,13H,5-7,12H2,1-4H3. The lowest BCUT2D eigenvalue weighted by molar-refractivity contribution is -0.140. The number of aryl methyl sites for hydroxylation is 1. The van der Waals surface area contributed by atoms with E-state index in [9.17, 15) is 4.79 Å². The lowest BCUT2D eigenvalue weighted by Gasteiger charge is -2.36. The van der Waals surface area contributed by atoms with Crippen molar-refractivity contribution in [3.63, 3.8) is 0 Å². The highest BCUT2D eigenvalue weighted by Gasteiger charge is 2.32. The maximum Gasteiger partial charge on any atom is 0.227 e. The Bertz CT molecular complexity index is 731. The molecule has 0 radical (unpaired) electrons. The first-order valence-corrected chi connectivity index (χ1v) is 8.45. The highest BCUT2D eigenvalue weighted by atomic mass is 16.2. The molecule has 1 unspecified atom stereocenters. The summed E-state index contributed by atoms with van der Waals surface area (Å²) in [6.07, 6.45) is 9.37. The summed E-state index contributed by atoms with van der Waals surface area (Å²) >= 11 is 0. The van der Waals surface area contributed by atoms with Gasteiger partial charge in [-0.3, -0.25) is 14.5 Å². The van der Waals surface area contributed by atoms with E-state index in [1.807, 2.05) is 45.1 Å². The van der Waals surface area contributed by atoms with E-state index in [0.717, 1.165) is 42.9 Å². The van der Waals surface area contributed by atoms with E-state index in [0.29, 0.717) is 0 Å². The van der Waals surface area contributed by atoms with Crippen LogP contribution in [0.3, 0.4) is 0 Å². The fraction of sp³-hybridized carbons (Fsp3) is 0.556. The highest BCUT2D eigenvalue weighted by molar-refractivity contribution is 5.81. The first-order chi connectivity index (χ1) is 11.3. The lowest BCUT2D eigenvalue weighted by Crippen LogP contribution is -2.44. The molecule has 6 nitrogen and oxygen atoms in total. The molecule has 1 aliphatic rings. The average Bonchev–Trinajstić information content (AvgIpc) is 3.00. The van der Waals surface area contributed by atoms with Crippen molar-refractivity contribution < 1.29 is 4.79 Å². The number of carbonyl (C=O) groups is 1. The summed E-state index contributed by atoms with van der Waals surface area (Å²) < 4.78 is 1.76. The molecule has 24 heavy (non-hydrogen) atoms. The number of hydrogen-bond acceptors (Lipinski definition) is 4. The van der Waals surface area contributed by atoms with Gasteiger partial charge in [0.1, 0.15) is 0 Å². The maximum absolute atomic E-state index is 12.6. The van der Waals surface area contributed by atoms with E-state index in [4.69, 9.17) is 4.98 Å². The summed E-state index contributed by atoms with van der Waals surface area (Å²) in [4.78, 5) is 23.7. The van der Waals surface area contributed by atoms with Crippen LogP contribution in [-0.2, 0) is 11.8 Å². The fourth-order valence-corrected chi connectivity index (χ4v) is 3.15. The average molecular weight is 327 g/mol. The van der Waals surface area contributed by atoms with E-state index in [2.05, 4.69) is 10.1 Å². The molecule has 0 saturated carbocycles. The molecule has 0 N–H and O–H groups in total. The number of piperidine rings is 1. The Morgan fingerprint density at radius 3 is 2.71 bits per heavy atom. The fourth-order valence-electron chi connectivity index (χ4n) is 3.15. The molecule has 3 heterocycles. The van der Waals surface area contributed by atoms with Crippen LogP contribution in [-0.4, -0.2) is 43.6 Å².